The summed E-state index contributed by atoms with van der Waals surface area (Å²) in [7, 11) is 0. The summed E-state index contributed by atoms with van der Waals surface area (Å²) < 4.78 is 12.0. The number of piperidine rings is 1. The van der Waals surface area contributed by atoms with Gasteiger partial charge in [0.1, 0.15) is 12.4 Å². The number of thioether (sulfide) groups is 1. The lowest BCUT2D eigenvalue weighted by atomic mass is 10.0. The predicted molar refractivity (Wildman–Crippen MR) is 125 cm³/mol. The van der Waals surface area contributed by atoms with Crippen LogP contribution >= 0.6 is 11.8 Å². The molecular weight excluding hydrogens is 408 g/mol. The zero-order valence-electron chi connectivity index (χ0n) is 18.3. The van der Waals surface area contributed by atoms with Crippen LogP contribution in [0.5, 0.6) is 5.75 Å². The first kappa shape index (κ1) is 22.2. The van der Waals surface area contributed by atoms with Gasteiger partial charge in [-0.1, -0.05) is 36.4 Å². The number of benzene rings is 2. The number of hydrogen-bond acceptors (Lipinski definition) is 5. The zero-order valence-corrected chi connectivity index (χ0v) is 19.1. The number of fused-ring (bicyclic) bond motifs is 1. The topological polar surface area (TPSA) is 42.0 Å². The molecule has 1 amide bonds. The van der Waals surface area contributed by atoms with Crippen molar-refractivity contribution in [2.24, 2.45) is 0 Å². The summed E-state index contributed by atoms with van der Waals surface area (Å²) in [6.45, 7) is 5.57. The number of ether oxygens (including phenoxy) is 2. The van der Waals surface area contributed by atoms with Crippen molar-refractivity contribution >= 4 is 17.7 Å². The Bertz CT molecular complexity index is 853. The Balaban J connectivity index is 1.29. The Morgan fingerprint density at radius 3 is 2.68 bits per heavy atom. The van der Waals surface area contributed by atoms with Gasteiger partial charge in [0.2, 0.25) is 5.91 Å². The summed E-state index contributed by atoms with van der Waals surface area (Å²) in [4.78, 5) is 16.8. The van der Waals surface area contributed by atoms with Crippen LogP contribution in [0.1, 0.15) is 29.5 Å². The van der Waals surface area contributed by atoms with Gasteiger partial charge in [-0.2, -0.15) is 11.8 Å². The van der Waals surface area contributed by atoms with Crippen molar-refractivity contribution in [1.82, 2.24) is 9.80 Å². The monoisotopic (exact) mass is 440 g/mol. The van der Waals surface area contributed by atoms with E-state index in [1.54, 1.807) is 11.8 Å². The third kappa shape index (κ3) is 6.25. The lowest BCUT2D eigenvalue weighted by Gasteiger charge is -2.32. The predicted octanol–water partition coefficient (Wildman–Crippen LogP) is 3.95. The van der Waals surface area contributed by atoms with Crippen LogP contribution in [0.4, 0.5) is 0 Å². The van der Waals surface area contributed by atoms with E-state index in [0.29, 0.717) is 38.2 Å². The SMILES string of the molecule is CSCC(=O)N1CCOc2ccc(CN3CCC(OCc4ccccc4)CC3)cc2C1. The summed E-state index contributed by atoms with van der Waals surface area (Å²) >= 11 is 1.57. The van der Waals surface area contributed by atoms with Gasteiger partial charge in [0.05, 0.1) is 25.0 Å². The summed E-state index contributed by atoms with van der Waals surface area (Å²) in [5.41, 5.74) is 3.64. The Morgan fingerprint density at radius 2 is 1.90 bits per heavy atom. The molecule has 0 bridgehead atoms. The third-order valence-corrected chi connectivity index (χ3v) is 6.53. The quantitative estimate of drug-likeness (QED) is 0.652. The molecule has 0 saturated carbocycles. The summed E-state index contributed by atoms with van der Waals surface area (Å²) in [6, 6.07) is 16.9. The molecule has 0 aliphatic carbocycles. The average molecular weight is 441 g/mol. The van der Waals surface area contributed by atoms with Crippen molar-refractivity contribution in [1.29, 1.82) is 0 Å². The van der Waals surface area contributed by atoms with Crippen LogP contribution in [0.2, 0.25) is 0 Å². The maximum atomic E-state index is 12.4. The van der Waals surface area contributed by atoms with Gasteiger partial charge in [0, 0.05) is 31.7 Å². The zero-order chi connectivity index (χ0) is 21.5. The van der Waals surface area contributed by atoms with Gasteiger partial charge >= 0.3 is 0 Å². The van der Waals surface area contributed by atoms with Crippen molar-refractivity contribution in [2.45, 2.75) is 38.6 Å². The molecule has 2 heterocycles. The van der Waals surface area contributed by atoms with Crippen molar-refractivity contribution in [3.8, 4) is 5.75 Å². The minimum Gasteiger partial charge on any atom is -0.491 e. The van der Waals surface area contributed by atoms with Gasteiger partial charge in [-0.3, -0.25) is 9.69 Å². The van der Waals surface area contributed by atoms with Crippen LogP contribution in [0.15, 0.2) is 48.5 Å². The van der Waals surface area contributed by atoms with Crippen LogP contribution in [0.3, 0.4) is 0 Å². The van der Waals surface area contributed by atoms with Crippen LogP contribution in [-0.2, 0) is 29.2 Å². The molecule has 4 rings (SSSR count). The highest BCUT2D eigenvalue weighted by Gasteiger charge is 2.22. The second kappa shape index (κ2) is 11.0. The Morgan fingerprint density at radius 1 is 1.10 bits per heavy atom. The number of amides is 1. The highest BCUT2D eigenvalue weighted by atomic mass is 32.2. The minimum atomic E-state index is 0.187. The Hall–Kier alpha value is -2.02. The second-order valence-electron chi connectivity index (χ2n) is 8.31. The van der Waals surface area contributed by atoms with Crippen LogP contribution in [0, 0.1) is 0 Å². The largest absolute Gasteiger partial charge is 0.491 e. The maximum Gasteiger partial charge on any atom is 0.232 e. The minimum absolute atomic E-state index is 0.187. The fourth-order valence-electron chi connectivity index (χ4n) is 4.25. The molecule has 0 spiro atoms. The fourth-order valence-corrected chi connectivity index (χ4v) is 4.68. The van der Waals surface area contributed by atoms with Crippen molar-refractivity contribution in [2.75, 3.05) is 38.2 Å². The first-order chi connectivity index (χ1) is 15.2. The number of carbonyl (C=O) groups is 1. The molecule has 0 atom stereocenters. The van der Waals surface area contributed by atoms with Gasteiger partial charge in [-0.05, 0) is 42.4 Å². The number of carbonyl (C=O) groups excluding carboxylic acids is 1. The van der Waals surface area contributed by atoms with Crippen LogP contribution in [0.25, 0.3) is 0 Å². The molecule has 0 unspecified atom stereocenters. The van der Waals surface area contributed by atoms with E-state index in [9.17, 15) is 4.79 Å². The molecule has 0 radical (unpaired) electrons. The van der Waals surface area contributed by atoms with E-state index in [1.807, 2.05) is 17.2 Å². The second-order valence-corrected chi connectivity index (χ2v) is 9.18. The number of hydrogen-bond donors (Lipinski definition) is 0. The molecule has 31 heavy (non-hydrogen) atoms. The molecule has 2 aromatic carbocycles. The highest BCUT2D eigenvalue weighted by molar-refractivity contribution is 7.99. The molecule has 1 saturated heterocycles. The van der Waals surface area contributed by atoms with Crippen molar-refractivity contribution < 1.29 is 14.3 Å². The first-order valence-corrected chi connectivity index (χ1v) is 12.5. The van der Waals surface area contributed by atoms with Crippen LogP contribution in [-0.4, -0.2) is 60.1 Å². The fraction of sp³-hybridized carbons (Fsp3) is 0.480. The Kier molecular flexibility index (Phi) is 7.89. The molecule has 166 valence electrons. The van der Waals surface area contributed by atoms with E-state index in [4.69, 9.17) is 9.47 Å². The molecular formula is C25H32N2O3S. The van der Waals surface area contributed by atoms with Gasteiger partial charge < -0.3 is 14.4 Å². The van der Waals surface area contributed by atoms with E-state index < -0.39 is 0 Å². The lowest BCUT2D eigenvalue weighted by Crippen LogP contribution is -2.36. The summed E-state index contributed by atoms with van der Waals surface area (Å²) in [6.07, 6.45) is 4.44. The van der Waals surface area contributed by atoms with Gasteiger partial charge in [-0.15, -0.1) is 0 Å². The summed E-state index contributed by atoms with van der Waals surface area (Å²) in [5, 5.41) is 0. The van der Waals surface area contributed by atoms with E-state index in [0.717, 1.165) is 43.8 Å². The molecule has 5 nitrogen and oxygen atoms in total. The van der Waals surface area contributed by atoms with E-state index >= 15 is 0 Å². The number of rotatable bonds is 7. The average Bonchev–Trinajstić information content (AvgIpc) is 3.02. The third-order valence-electron chi connectivity index (χ3n) is 5.99. The molecule has 2 aromatic rings. The Labute approximate surface area is 189 Å². The van der Waals surface area contributed by atoms with E-state index in [1.165, 1.54) is 11.1 Å². The van der Waals surface area contributed by atoms with Gasteiger partial charge in [0.25, 0.3) is 0 Å². The summed E-state index contributed by atoms with van der Waals surface area (Å²) in [5.74, 6) is 1.62. The highest BCUT2D eigenvalue weighted by Crippen LogP contribution is 2.26. The standard InChI is InChI=1S/C25H32N2O3S/c1-31-19-25(28)27-13-14-29-24-8-7-21(15-22(24)17-27)16-26-11-9-23(10-12-26)30-18-20-5-3-2-4-6-20/h2-8,15,23H,9-14,16-19H2,1H3. The van der Waals surface area contributed by atoms with Crippen LogP contribution < -0.4 is 4.74 Å². The van der Waals surface area contributed by atoms with Crippen molar-refractivity contribution in [3.63, 3.8) is 0 Å². The number of nitrogens with zero attached hydrogens (tertiary/aromatic N) is 2. The molecule has 0 N–H and O–H groups in total. The van der Waals surface area contributed by atoms with Gasteiger partial charge in [-0.25, -0.2) is 0 Å². The smallest absolute Gasteiger partial charge is 0.232 e. The molecule has 6 heteroatoms. The van der Waals surface area contributed by atoms with E-state index in [-0.39, 0.29) is 5.91 Å². The van der Waals surface area contributed by atoms with Crippen molar-refractivity contribution in [3.05, 3.63) is 65.2 Å². The van der Waals surface area contributed by atoms with Gasteiger partial charge in [0.15, 0.2) is 0 Å². The first-order valence-electron chi connectivity index (χ1n) is 11.1. The molecule has 2 aliphatic heterocycles. The molecule has 0 aromatic heterocycles. The number of likely N-dealkylation sites (tertiary alicyclic amines) is 1. The van der Waals surface area contributed by atoms with E-state index in [2.05, 4.69) is 47.4 Å². The molecule has 2 aliphatic rings. The molecule has 1 fully saturated rings. The normalized spacial score (nSPS) is 17.6. The lowest BCUT2D eigenvalue weighted by molar-refractivity contribution is -0.129. The maximum absolute atomic E-state index is 12.4.